The maximum atomic E-state index is 10.1. The van der Waals surface area contributed by atoms with Crippen molar-refractivity contribution in [2.75, 3.05) is 0 Å². The number of fused-ring (bicyclic) bond motifs is 2. The summed E-state index contributed by atoms with van der Waals surface area (Å²) in [6, 6.07) is 0. The van der Waals surface area contributed by atoms with Crippen molar-refractivity contribution in [3.05, 3.63) is 0 Å². The minimum Gasteiger partial charge on any atom is -0.390 e. The number of hydrogen-bond donors (Lipinski definition) is 2. The fraction of sp³-hybridized carbons (Fsp3) is 1.00. The van der Waals surface area contributed by atoms with Gasteiger partial charge in [0.05, 0.1) is 17.8 Å². The molecule has 4 heteroatoms. The monoisotopic (exact) mass is 198 g/mol. The first-order chi connectivity index (χ1) is 6.37. The van der Waals surface area contributed by atoms with E-state index in [0.717, 1.165) is 12.8 Å². The van der Waals surface area contributed by atoms with Crippen LogP contribution in [0.1, 0.15) is 33.1 Å². The fourth-order valence-electron chi connectivity index (χ4n) is 2.88. The Morgan fingerprint density at radius 1 is 1.43 bits per heavy atom. The van der Waals surface area contributed by atoms with Crippen molar-refractivity contribution in [1.82, 2.24) is 0 Å². The molecule has 0 aliphatic carbocycles. The second-order valence-corrected chi connectivity index (χ2v) is 5.67. The molecule has 0 saturated carbocycles. The molecule has 0 amide bonds. The van der Waals surface area contributed by atoms with Gasteiger partial charge in [-0.3, -0.25) is 0 Å². The van der Waals surface area contributed by atoms with E-state index in [1.165, 1.54) is 0 Å². The number of rotatable bonds is 1. The van der Waals surface area contributed by atoms with Crippen molar-refractivity contribution in [1.29, 1.82) is 0 Å². The van der Waals surface area contributed by atoms with E-state index >= 15 is 0 Å². The summed E-state index contributed by atoms with van der Waals surface area (Å²) in [6.45, 7) is 4.13. The molecule has 0 aromatic rings. The molecule has 0 aromatic carbocycles. The van der Waals surface area contributed by atoms with Crippen LogP contribution in [0.15, 0.2) is 0 Å². The van der Waals surface area contributed by atoms with Crippen LogP contribution >= 0.6 is 0 Å². The van der Waals surface area contributed by atoms with E-state index in [-0.39, 0.29) is 11.4 Å². The summed E-state index contributed by atoms with van der Waals surface area (Å²) in [4.78, 5) is 0. The van der Waals surface area contributed by atoms with Gasteiger partial charge in [0.1, 0.15) is 14.0 Å². The normalized spacial score (nSPS) is 48.1. The summed E-state index contributed by atoms with van der Waals surface area (Å²) in [6.07, 6.45) is 1.20. The quantitative estimate of drug-likeness (QED) is 0.576. The van der Waals surface area contributed by atoms with Crippen LogP contribution in [0.25, 0.3) is 0 Å². The highest BCUT2D eigenvalue weighted by molar-refractivity contribution is 6.15. The van der Waals surface area contributed by atoms with E-state index in [4.69, 9.17) is 4.74 Å². The molecular formula is C10H19BO3. The molecule has 4 atom stereocenters. The van der Waals surface area contributed by atoms with E-state index in [1.807, 2.05) is 0 Å². The Labute approximate surface area is 85.9 Å². The van der Waals surface area contributed by atoms with Gasteiger partial charge in [0.15, 0.2) is 0 Å². The van der Waals surface area contributed by atoms with Crippen LogP contribution < -0.4 is 0 Å². The average molecular weight is 198 g/mol. The molecule has 2 bridgehead atoms. The first-order valence-corrected chi connectivity index (χ1v) is 5.41. The fourth-order valence-corrected chi connectivity index (χ4v) is 2.88. The van der Waals surface area contributed by atoms with Gasteiger partial charge in [-0.2, -0.15) is 0 Å². The molecule has 0 radical (unpaired) electrons. The summed E-state index contributed by atoms with van der Waals surface area (Å²) in [5, 5.41) is 19.7. The second kappa shape index (κ2) is 2.97. The second-order valence-electron chi connectivity index (χ2n) is 5.67. The molecule has 14 heavy (non-hydrogen) atoms. The summed E-state index contributed by atoms with van der Waals surface area (Å²) < 4.78 is 5.92. The third kappa shape index (κ3) is 1.24. The van der Waals surface area contributed by atoms with E-state index in [0.29, 0.717) is 6.42 Å². The Morgan fingerprint density at radius 2 is 2.07 bits per heavy atom. The van der Waals surface area contributed by atoms with E-state index in [2.05, 4.69) is 21.7 Å². The van der Waals surface area contributed by atoms with Crippen LogP contribution in [0.5, 0.6) is 0 Å². The number of ether oxygens (including phenoxy) is 1. The molecule has 2 fully saturated rings. The van der Waals surface area contributed by atoms with Gasteiger partial charge >= 0.3 is 0 Å². The topological polar surface area (TPSA) is 49.7 Å². The van der Waals surface area contributed by atoms with Crippen LogP contribution in [-0.2, 0) is 4.74 Å². The van der Waals surface area contributed by atoms with E-state index in [9.17, 15) is 10.2 Å². The molecule has 2 aliphatic rings. The van der Waals surface area contributed by atoms with Gasteiger partial charge in [-0.15, -0.1) is 0 Å². The molecule has 80 valence electrons. The highest BCUT2D eigenvalue weighted by Gasteiger charge is 2.58. The Kier molecular flexibility index (Phi) is 2.22. The molecule has 0 unspecified atom stereocenters. The SMILES string of the molecule is BC(C)(C)[C@]12CC[C@H](C[C@@H](O)[C@H]1O)O2. The largest absolute Gasteiger partial charge is 0.390 e. The lowest BCUT2D eigenvalue weighted by molar-refractivity contribution is -0.207. The van der Waals surface area contributed by atoms with Gasteiger partial charge in [0, 0.05) is 6.42 Å². The third-order valence-corrected chi connectivity index (χ3v) is 3.83. The maximum absolute atomic E-state index is 10.1. The van der Waals surface area contributed by atoms with Crippen molar-refractivity contribution in [2.45, 2.75) is 62.3 Å². The molecule has 3 nitrogen and oxygen atoms in total. The summed E-state index contributed by atoms with van der Waals surface area (Å²) in [5.74, 6) is 0. The minimum atomic E-state index is -0.735. The van der Waals surface area contributed by atoms with Crippen molar-refractivity contribution in [2.24, 2.45) is 0 Å². The van der Waals surface area contributed by atoms with Crippen LogP contribution in [0.3, 0.4) is 0 Å². The highest BCUT2D eigenvalue weighted by atomic mass is 16.5. The van der Waals surface area contributed by atoms with Crippen LogP contribution in [0.2, 0.25) is 5.31 Å². The molecule has 0 aromatic heterocycles. The Hall–Kier alpha value is -0.0551. The molecule has 2 aliphatic heterocycles. The van der Waals surface area contributed by atoms with Crippen molar-refractivity contribution < 1.29 is 14.9 Å². The van der Waals surface area contributed by atoms with Gasteiger partial charge < -0.3 is 14.9 Å². The molecular weight excluding hydrogens is 179 g/mol. The number of aliphatic hydroxyl groups excluding tert-OH is 2. The van der Waals surface area contributed by atoms with E-state index < -0.39 is 17.8 Å². The summed E-state index contributed by atoms with van der Waals surface area (Å²) >= 11 is 0. The Bertz CT molecular complexity index is 238. The molecule has 2 rings (SSSR count). The smallest absolute Gasteiger partial charge is 0.112 e. The molecule has 2 saturated heterocycles. The predicted octanol–water partition coefficient (Wildman–Crippen LogP) is -0.139. The van der Waals surface area contributed by atoms with Gasteiger partial charge in [-0.05, 0) is 18.2 Å². The predicted molar refractivity (Wildman–Crippen MR) is 56.1 cm³/mol. The van der Waals surface area contributed by atoms with Gasteiger partial charge in [0.2, 0.25) is 0 Å². The van der Waals surface area contributed by atoms with Crippen LogP contribution in [0.4, 0.5) is 0 Å². The zero-order valence-electron chi connectivity index (χ0n) is 9.16. The van der Waals surface area contributed by atoms with Gasteiger partial charge in [-0.1, -0.05) is 13.8 Å². The molecule has 2 N–H and O–H groups in total. The summed E-state index contributed by atoms with van der Waals surface area (Å²) in [7, 11) is 2.07. The zero-order chi connectivity index (χ0) is 10.6. The first kappa shape index (κ1) is 10.5. The molecule has 2 heterocycles. The summed E-state index contributed by atoms with van der Waals surface area (Å²) in [5.41, 5.74) is -0.532. The average Bonchev–Trinajstić information content (AvgIpc) is 2.42. The van der Waals surface area contributed by atoms with Crippen molar-refractivity contribution in [3.63, 3.8) is 0 Å². The highest BCUT2D eigenvalue weighted by Crippen LogP contribution is 2.53. The lowest BCUT2D eigenvalue weighted by atomic mass is 9.57. The lowest BCUT2D eigenvalue weighted by Gasteiger charge is -2.49. The van der Waals surface area contributed by atoms with Gasteiger partial charge in [0.25, 0.3) is 0 Å². The van der Waals surface area contributed by atoms with Crippen molar-refractivity contribution >= 4 is 7.85 Å². The zero-order valence-corrected chi connectivity index (χ0v) is 9.16. The minimum absolute atomic E-state index is 0.122. The maximum Gasteiger partial charge on any atom is 0.112 e. The molecule has 0 spiro atoms. The number of aliphatic hydroxyl groups is 2. The van der Waals surface area contributed by atoms with Crippen LogP contribution in [-0.4, -0.2) is 42.0 Å². The lowest BCUT2D eigenvalue weighted by Crippen LogP contribution is -2.58. The third-order valence-electron chi connectivity index (χ3n) is 3.83. The van der Waals surface area contributed by atoms with Gasteiger partial charge in [-0.25, -0.2) is 0 Å². The van der Waals surface area contributed by atoms with Crippen LogP contribution in [0, 0.1) is 0 Å². The Morgan fingerprint density at radius 3 is 2.64 bits per heavy atom. The van der Waals surface area contributed by atoms with Crippen molar-refractivity contribution in [3.8, 4) is 0 Å². The number of hydrogen-bond acceptors (Lipinski definition) is 3. The Balaban J connectivity index is 2.33. The first-order valence-electron chi connectivity index (χ1n) is 5.41. The van der Waals surface area contributed by atoms with E-state index in [1.54, 1.807) is 0 Å². The standard InChI is InChI=1S/C10H19BO3/c1-9(2,11)10-4-3-6(14-10)5-7(12)8(10)13/h6-8,12-13H,3-5,11H2,1-2H3/t6-,7-,8-,10+/m1/s1.